The molecule has 3 aromatic heterocycles. The van der Waals surface area contributed by atoms with E-state index in [9.17, 15) is 18.0 Å². The van der Waals surface area contributed by atoms with Gasteiger partial charge in [-0.3, -0.25) is 9.78 Å². The minimum absolute atomic E-state index is 0.0895. The normalized spacial score (nSPS) is 11.5. The fraction of sp³-hybridized carbons (Fsp3) is 0.0455. The lowest BCUT2D eigenvalue weighted by molar-refractivity contribution is -0.136. The molecule has 0 radical (unpaired) electrons. The van der Waals surface area contributed by atoms with Gasteiger partial charge >= 0.3 is 6.18 Å². The molecule has 0 bridgehead atoms. The van der Waals surface area contributed by atoms with E-state index in [0.717, 1.165) is 6.07 Å². The molecule has 0 atom stereocenters. The van der Waals surface area contributed by atoms with Crippen LogP contribution in [-0.4, -0.2) is 29.5 Å². The van der Waals surface area contributed by atoms with Crippen molar-refractivity contribution in [2.24, 2.45) is 0 Å². The van der Waals surface area contributed by atoms with Gasteiger partial charge in [0.2, 0.25) is 5.95 Å². The number of nitriles is 1. The average molecular weight is 460 g/mol. The molecule has 0 aliphatic carbocycles. The zero-order valence-electron chi connectivity index (χ0n) is 16.9. The third-order valence-electron chi connectivity index (χ3n) is 4.91. The molecule has 9 nitrogen and oxygen atoms in total. The van der Waals surface area contributed by atoms with Crippen molar-refractivity contribution in [1.82, 2.24) is 29.5 Å². The van der Waals surface area contributed by atoms with Crippen LogP contribution < -0.4 is 10.9 Å². The number of alkyl halides is 3. The van der Waals surface area contributed by atoms with Gasteiger partial charge in [-0.25, -0.2) is 15.0 Å². The summed E-state index contributed by atoms with van der Waals surface area (Å²) in [6.45, 7) is 0. The number of benzene rings is 2. The highest BCUT2D eigenvalue weighted by atomic mass is 19.4. The summed E-state index contributed by atoms with van der Waals surface area (Å²) in [4.78, 5) is 28.3. The first kappa shape index (κ1) is 21.0. The van der Waals surface area contributed by atoms with E-state index in [4.69, 9.17) is 5.26 Å². The third-order valence-corrected chi connectivity index (χ3v) is 4.91. The maximum Gasteiger partial charge on any atom is 0.418 e. The zero-order chi connectivity index (χ0) is 23.9. The van der Waals surface area contributed by atoms with Crippen LogP contribution in [0.2, 0.25) is 0 Å². The molecule has 0 unspecified atom stereocenters. The number of anilines is 2. The lowest BCUT2D eigenvalue weighted by atomic mass is 10.1. The highest BCUT2D eigenvalue weighted by Crippen LogP contribution is 2.36. The van der Waals surface area contributed by atoms with E-state index in [2.05, 4.69) is 30.4 Å². The highest BCUT2D eigenvalue weighted by Gasteiger charge is 2.34. The van der Waals surface area contributed by atoms with Crippen molar-refractivity contribution >= 4 is 28.2 Å². The molecule has 0 fully saturated rings. The van der Waals surface area contributed by atoms with Crippen molar-refractivity contribution in [3.8, 4) is 17.5 Å². The highest BCUT2D eigenvalue weighted by molar-refractivity contribution is 5.95. The summed E-state index contributed by atoms with van der Waals surface area (Å²) in [5, 5.41) is 16.2. The number of rotatable bonds is 3. The monoisotopic (exact) mass is 460 g/mol. The molecule has 0 aliphatic heterocycles. The van der Waals surface area contributed by atoms with Gasteiger partial charge < -0.3 is 5.32 Å². The van der Waals surface area contributed by atoms with Gasteiger partial charge in [-0.05, 0) is 36.4 Å². The third kappa shape index (κ3) is 3.65. The molecule has 2 aromatic carbocycles. The number of hydrogen-bond acceptors (Lipinski definition) is 8. The number of hydrogen-bond donors (Lipinski definition) is 1. The molecule has 12 heteroatoms. The smallest absolute Gasteiger partial charge is 0.318 e. The van der Waals surface area contributed by atoms with Crippen LogP contribution in [0.1, 0.15) is 11.1 Å². The van der Waals surface area contributed by atoms with E-state index < -0.39 is 17.3 Å². The second-order valence-electron chi connectivity index (χ2n) is 7.04. The van der Waals surface area contributed by atoms with Gasteiger partial charge in [-0.2, -0.15) is 22.9 Å². The molecular formula is C22H11F3N8O. The van der Waals surface area contributed by atoms with Crippen LogP contribution >= 0.6 is 0 Å². The molecule has 0 spiro atoms. The lowest BCUT2D eigenvalue weighted by Gasteiger charge is -2.12. The van der Waals surface area contributed by atoms with Crippen LogP contribution in [0.25, 0.3) is 27.9 Å². The number of halogens is 3. The lowest BCUT2D eigenvalue weighted by Crippen LogP contribution is -2.13. The Balaban J connectivity index is 1.80. The van der Waals surface area contributed by atoms with Gasteiger partial charge in [0.1, 0.15) is 5.69 Å². The first-order valence-electron chi connectivity index (χ1n) is 9.70. The largest absolute Gasteiger partial charge is 0.418 e. The molecule has 5 rings (SSSR count). The molecule has 34 heavy (non-hydrogen) atoms. The van der Waals surface area contributed by atoms with Crippen molar-refractivity contribution in [3.63, 3.8) is 0 Å². The van der Waals surface area contributed by atoms with Crippen LogP contribution in [0.5, 0.6) is 0 Å². The quantitative estimate of drug-likeness (QED) is 0.432. The number of fused-ring (bicyclic) bond motifs is 3. The van der Waals surface area contributed by atoms with Gasteiger partial charge in [0.15, 0.2) is 11.5 Å². The van der Waals surface area contributed by atoms with E-state index in [1.54, 1.807) is 24.3 Å². The Labute approximate surface area is 188 Å². The minimum Gasteiger partial charge on any atom is -0.318 e. The van der Waals surface area contributed by atoms with Crippen molar-refractivity contribution in [1.29, 1.82) is 5.26 Å². The number of nitrogens with zero attached hydrogens (tertiary/aromatic N) is 7. The van der Waals surface area contributed by atoms with Crippen LogP contribution in [0.3, 0.4) is 0 Å². The zero-order valence-corrected chi connectivity index (χ0v) is 16.9. The summed E-state index contributed by atoms with van der Waals surface area (Å²) < 4.78 is 42.4. The Kier molecular flexibility index (Phi) is 4.86. The topological polar surface area (TPSA) is 122 Å². The van der Waals surface area contributed by atoms with Crippen LogP contribution in [0, 0.1) is 11.3 Å². The predicted molar refractivity (Wildman–Crippen MR) is 115 cm³/mol. The standard InChI is InChI=1S/C22H11F3N8O/c23-22(24,25)15-3-1-2-14-17(15)30-21(29-16-11-27-8-9-28-20(16)34)33-19(14)31-18(32-33)13-6-4-12(10-26)5-7-13/h1-9,11H,(H,28,29,30,34). The number of aromatic nitrogens is 6. The van der Waals surface area contributed by atoms with E-state index >= 15 is 0 Å². The summed E-state index contributed by atoms with van der Waals surface area (Å²) >= 11 is 0. The molecule has 3 heterocycles. The summed E-state index contributed by atoms with van der Waals surface area (Å²) in [6.07, 6.45) is -1.02. The van der Waals surface area contributed by atoms with E-state index in [-0.39, 0.29) is 34.0 Å². The van der Waals surface area contributed by atoms with E-state index in [1.807, 2.05) is 6.07 Å². The first-order valence-corrected chi connectivity index (χ1v) is 9.70. The molecule has 0 amide bonds. The maximum atomic E-state index is 13.7. The molecule has 0 saturated heterocycles. The van der Waals surface area contributed by atoms with Gasteiger partial charge in [0.25, 0.3) is 5.56 Å². The molecule has 0 aliphatic rings. The Morgan fingerprint density at radius 3 is 2.56 bits per heavy atom. The SMILES string of the molecule is N#Cc1ccc(-c2nc3c4cccc(C(F)(F)F)c4nc(Nc4cnccnc4=O)n3n2)cc1. The molecule has 0 saturated carbocycles. The average Bonchev–Trinajstić information content (AvgIpc) is 3.18. The van der Waals surface area contributed by atoms with E-state index in [1.165, 1.54) is 35.2 Å². The van der Waals surface area contributed by atoms with Crippen LogP contribution in [-0.2, 0) is 6.18 Å². The summed E-state index contributed by atoms with van der Waals surface area (Å²) in [5.74, 6) is 0.00922. The Hall–Kier alpha value is -4.92. The fourth-order valence-electron chi connectivity index (χ4n) is 3.35. The van der Waals surface area contributed by atoms with Crippen LogP contribution in [0.4, 0.5) is 24.8 Å². The van der Waals surface area contributed by atoms with E-state index in [0.29, 0.717) is 11.1 Å². The predicted octanol–water partition coefficient (Wildman–Crippen LogP) is 3.73. The van der Waals surface area contributed by atoms with Gasteiger partial charge in [-0.15, -0.1) is 5.10 Å². The number of nitrogens with one attached hydrogen (secondary N) is 1. The second kappa shape index (κ2) is 7.89. The maximum absolute atomic E-state index is 13.7. The molecule has 1 N–H and O–H groups in total. The Morgan fingerprint density at radius 1 is 1.03 bits per heavy atom. The molecular weight excluding hydrogens is 449 g/mol. The minimum atomic E-state index is -4.68. The van der Waals surface area contributed by atoms with Gasteiger partial charge in [0.05, 0.1) is 28.9 Å². The Bertz CT molecular complexity index is 1660. The van der Waals surface area contributed by atoms with Gasteiger partial charge in [-0.1, -0.05) is 6.07 Å². The molecule has 166 valence electrons. The fourth-order valence-corrected chi connectivity index (χ4v) is 3.35. The first-order chi connectivity index (χ1) is 16.3. The summed E-state index contributed by atoms with van der Waals surface area (Å²) in [5.41, 5.74) is -1.08. The van der Waals surface area contributed by atoms with Gasteiger partial charge in [0, 0.05) is 23.3 Å². The summed E-state index contributed by atoms with van der Waals surface area (Å²) in [7, 11) is 0. The number of para-hydroxylation sites is 1. The molecule has 5 aromatic rings. The Morgan fingerprint density at radius 2 is 1.82 bits per heavy atom. The summed E-state index contributed by atoms with van der Waals surface area (Å²) in [6, 6.07) is 12.0. The van der Waals surface area contributed by atoms with Crippen molar-refractivity contribution in [3.05, 3.63) is 82.5 Å². The second-order valence-corrected chi connectivity index (χ2v) is 7.04. The van der Waals surface area contributed by atoms with Crippen LogP contribution in [0.15, 0.2) is 65.8 Å². The van der Waals surface area contributed by atoms with Crippen molar-refractivity contribution < 1.29 is 13.2 Å². The van der Waals surface area contributed by atoms with Crippen molar-refractivity contribution in [2.75, 3.05) is 5.32 Å². The van der Waals surface area contributed by atoms with Crippen molar-refractivity contribution in [2.45, 2.75) is 6.18 Å².